The van der Waals surface area contributed by atoms with Crippen molar-refractivity contribution in [2.75, 3.05) is 46.0 Å². The number of benzene rings is 7. The van der Waals surface area contributed by atoms with Crippen LogP contribution >= 0.6 is 0 Å². The van der Waals surface area contributed by atoms with E-state index in [4.69, 9.17) is 23.8 Å². The van der Waals surface area contributed by atoms with E-state index >= 15 is 0 Å². The Labute approximate surface area is 768 Å². The second-order valence-electron chi connectivity index (χ2n) is 35.1. The Kier molecular flexibility index (Phi) is 28.5. The van der Waals surface area contributed by atoms with E-state index < -0.39 is 0 Å². The van der Waals surface area contributed by atoms with Crippen LogP contribution in [0.2, 0.25) is 0 Å². The largest absolute Gasteiger partial charge is 0.493 e. The van der Waals surface area contributed by atoms with Gasteiger partial charge in [-0.15, -0.1) is 0 Å². The number of aryl methyl sites for hydroxylation is 3. The molecule has 2 unspecified atom stereocenters. The molecule has 680 valence electrons. The molecule has 0 fully saturated rings. The van der Waals surface area contributed by atoms with Crippen LogP contribution in [-0.2, 0) is 150 Å². The average molecular weight is 1780 g/mol. The maximum atomic E-state index is 13.6. The van der Waals surface area contributed by atoms with Crippen molar-refractivity contribution in [2.24, 2.45) is 7.05 Å². The number of rotatable bonds is 25. The minimum Gasteiger partial charge on any atom is -0.493 e. The van der Waals surface area contributed by atoms with Gasteiger partial charge in [0.1, 0.15) is 29.7 Å². The molecule has 28 heteroatoms. The molecule has 7 aromatic carbocycles. The first-order valence-corrected chi connectivity index (χ1v) is 46.3. The molecule has 0 spiro atoms. The van der Waals surface area contributed by atoms with Crippen LogP contribution in [0.3, 0.4) is 0 Å². The van der Waals surface area contributed by atoms with Crippen LogP contribution in [0.4, 0.5) is 0 Å². The summed E-state index contributed by atoms with van der Waals surface area (Å²) in [6.45, 7) is 14.4. The summed E-state index contributed by atoms with van der Waals surface area (Å²) in [6, 6.07) is 67.0. The van der Waals surface area contributed by atoms with E-state index in [2.05, 4.69) is 133 Å². The third-order valence-corrected chi connectivity index (χ3v) is 26.1. The third kappa shape index (κ3) is 21.2. The van der Waals surface area contributed by atoms with Gasteiger partial charge in [-0.25, -0.2) is 0 Å². The van der Waals surface area contributed by atoms with Crippen LogP contribution < -0.4 is 35.5 Å². The Morgan fingerprint density at radius 1 is 0.462 bits per heavy atom. The molecule has 2 atom stereocenters. The molecule has 0 radical (unpaired) electrons. The fraction of sp³-hybridized carbons (Fsp3) is 0.346. The summed E-state index contributed by atoms with van der Waals surface area (Å²) in [5.74, 6) is 2.94. The Morgan fingerprint density at radius 3 is 1.64 bits per heavy atom. The molecule has 6 aliphatic heterocycles. The van der Waals surface area contributed by atoms with E-state index in [-0.39, 0.29) is 48.9 Å². The van der Waals surface area contributed by atoms with Crippen LogP contribution in [0, 0.1) is 0 Å². The van der Waals surface area contributed by atoms with Crippen molar-refractivity contribution in [3.05, 3.63) is 359 Å². The first kappa shape index (κ1) is 89.1. The van der Waals surface area contributed by atoms with Crippen LogP contribution in [-0.4, -0.2) is 155 Å². The van der Waals surface area contributed by atoms with Gasteiger partial charge in [0.25, 0.3) is 23.6 Å². The van der Waals surface area contributed by atoms with Crippen molar-refractivity contribution in [2.45, 2.75) is 181 Å². The number of aliphatic hydroxyl groups excluding tert-OH is 2. The van der Waals surface area contributed by atoms with Gasteiger partial charge in [0, 0.05) is 206 Å². The summed E-state index contributed by atoms with van der Waals surface area (Å²) < 4.78 is 29.9. The lowest BCUT2D eigenvalue weighted by atomic mass is 9.88. The zero-order chi connectivity index (χ0) is 90.2. The molecule has 21 rings (SSSR count). The molecular weight excluding hydrogens is 1660 g/mol. The van der Waals surface area contributed by atoms with Gasteiger partial charge in [0.15, 0.2) is 34.3 Å². The molecule has 4 amide bonds. The van der Waals surface area contributed by atoms with Crippen molar-refractivity contribution < 1.29 is 48.1 Å². The number of para-hydroxylation sites is 1. The lowest BCUT2D eigenvalue weighted by Crippen LogP contribution is -2.40. The Bertz CT molecular complexity index is 6210. The lowest BCUT2D eigenvalue weighted by Gasteiger charge is -2.28. The van der Waals surface area contributed by atoms with Crippen LogP contribution in [0.15, 0.2) is 223 Å². The van der Waals surface area contributed by atoms with Gasteiger partial charge in [-0.05, 0) is 114 Å². The fourth-order valence-corrected chi connectivity index (χ4v) is 19.4. The van der Waals surface area contributed by atoms with Crippen LogP contribution in [0.1, 0.15) is 192 Å². The maximum absolute atomic E-state index is 13.6. The van der Waals surface area contributed by atoms with E-state index in [0.717, 1.165) is 220 Å². The number of hydrogen-bond donors (Lipinski definition) is 6. The molecule has 13 aromatic rings. The van der Waals surface area contributed by atoms with E-state index in [1.807, 2.05) is 157 Å². The molecule has 8 aliphatic rings. The van der Waals surface area contributed by atoms with Crippen molar-refractivity contribution in [3.8, 4) is 17.2 Å². The molecule has 6 N–H and O–H groups in total. The quantitative estimate of drug-likeness (QED) is 0.0310. The lowest BCUT2D eigenvalue weighted by molar-refractivity contribution is 0.0919. The van der Waals surface area contributed by atoms with Gasteiger partial charge in [-0.2, -0.15) is 20.4 Å². The molecule has 0 saturated heterocycles. The summed E-state index contributed by atoms with van der Waals surface area (Å²) in [6.07, 6.45) is 16.4. The summed E-state index contributed by atoms with van der Waals surface area (Å²) >= 11 is 0. The summed E-state index contributed by atoms with van der Waals surface area (Å²) in [4.78, 5) is 66.7. The first-order chi connectivity index (χ1) is 64.8. The molecule has 12 heterocycles. The predicted molar refractivity (Wildman–Crippen MR) is 498 cm³/mol. The number of carbonyl (C=O) groups is 4. The van der Waals surface area contributed by atoms with Gasteiger partial charge in [-0.1, -0.05) is 181 Å². The number of ether oxygens (including phenoxy) is 3. The van der Waals surface area contributed by atoms with Gasteiger partial charge < -0.3 is 50.2 Å². The Morgan fingerprint density at radius 2 is 0.992 bits per heavy atom. The molecular formula is C104H114N18O10. The zero-order valence-corrected chi connectivity index (χ0v) is 75.0. The minimum atomic E-state index is -0.195. The second kappa shape index (κ2) is 42.2. The highest BCUT2D eigenvalue weighted by Gasteiger charge is 2.36. The Hall–Kier alpha value is -13.5. The molecule has 0 saturated carbocycles. The fourth-order valence-electron chi connectivity index (χ4n) is 19.4. The maximum Gasteiger partial charge on any atom is 0.272 e. The van der Waals surface area contributed by atoms with E-state index in [1.54, 1.807) is 15.6 Å². The van der Waals surface area contributed by atoms with Crippen molar-refractivity contribution in [1.29, 1.82) is 0 Å². The van der Waals surface area contributed by atoms with Gasteiger partial charge in [0.05, 0.1) is 51.2 Å². The highest BCUT2D eigenvalue weighted by molar-refractivity contribution is 5.96. The van der Waals surface area contributed by atoms with E-state index in [9.17, 15) is 29.4 Å². The number of hydrogen-bond acceptors (Lipinski definition) is 20. The summed E-state index contributed by atoms with van der Waals surface area (Å²) in [5.41, 5.74) is 24.4. The normalized spacial score (nSPS) is 16.1. The molecule has 2 aliphatic carbocycles. The van der Waals surface area contributed by atoms with Crippen LogP contribution in [0.25, 0.3) is 0 Å². The molecule has 28 nitrogen and oxygen atoms in total. The summed E-state index contributed by atoms with van der Waals surface area (Å²) in [7, 11) is 1.93. The standard InChI is InChI=1S/C30H31N5O.C26H30N4O3.C25H26N4O4.C23H27N5O2/c36-30(32-25-14-13-23-10-4-5-11-24(23)18-25)29-27-21-34(19-22-8-2-1-3-9-22)17-15-28(27)35(33-29)20-26-12-6-7-16-31-26;1-18(19-6-3-2-4-7-19)27-26(32)24-22-17-29(12-10-23(22)30(28-24)13-14-31)16-21-9-5-8-20-11-15-33-25(20)21;30-11-10-29-21-8-9-28(16-19-6-7-22-23(14-19)33-13-12-32-22)17-20(21)24(27-29)25(31)26-15-18-4-2-1-3-5-18;1-27-20-11-12-28(15-19-17-9-5-6-10-21(17)30-26-19)14-18(20)22(25-27)23(29)24-13-16-7-3-2-4-8-16/h1-12,16,25H,13-15,17-21H2,(H,32,36);2-9,18,31H,10-17H2,1H3,(H,27,32);1-7,12-14,30H,8-11,15-17H2,(H,26,31);2-4,7-8H,5-6,9-15H2,1H3,(H,24,29). The number of carbonyl (C=O) groups excluding carboxylic acids is 4. The number of nitrogens with one attached hydrogen (secondary N) is 4. The number of nitrogens with zero attached hydrogens (tertiary/aromatic N) is 14. The third-order valence-electron chi connectivity index (χ3n) is 26.1. The predicted octanol–water partition coefficient (Wildman–Crippen LogP) is 12.4. The molecule has 132 heavy (non-hydrogen) atoms. The summed E-state index contributed by atoms with van der Waals surface area (Å²) in [5, 5.41) is 54.4. The first-order valence-electron chi connectivity index (χ1n) is 46.3. The van der Waals surface area contributed by atoms with E-state index in [0.29, 0.717) is 86.6 Å². The molecule has 6 aromatic heterocycles. The SMILES string of the molecule is CC(NC(=O)c1nn(CCO)c2c1CN(Cc1cccc3c1OCC3)CC2)c1ccccc1.Cn1nc(C(=O)NCc2ccccc2)c2c1CCN(Cc1noc3c1CCCC3)C2.O=C(NC1CCc2ccccc2C1)c1nn(Cc2ccccn2)c2c1CN(Cc1ccccc1)CC2.O=C(NCc1ccccc1)c1nn(CCO)c2c1CN(Cc1ccc3c(c1)OC=CO3)CC2. The van der Waals surface area contributed by atoms with Crippen LogP contribution in [0.5, 0.6) is 17.2 Å². The smallest absolute Gasteiger partial charge is 0.272 e. The number of aromatic nitrogens is 10. The number of aliphatic hydroxyl groups is 2. The zero-order valence-electron chi connectivity index (χ0n) is 75.0. The Balaban J connectivity index is 0.000000118. The van der Waals surface area contributed by atoms with Gasteiger partial charge in [-0.3, -0.25) is 62.5 Å². The monoisotopic (exact) mass is 1770 g/mol. The topological polar surface area (TPSA) is 308 Å². The minimum absolute atomic E-state index is 0.00714. The van der Waals surface area contributed by atoms with Crippen molar-refractivity contribution in [3.63, 3.8) is 0 Å². The number of fused-ring (bicyclic) bond motifs is 8. The van der Waals surface area contributed by atoms with Crippen molar-refractivity contribution >= 4 is 23.6 Å². The average Bonchev–Trinajstić information content (AvgIpc) is 1.63. The number of amides is 4. The van der Waals surface area contributed by atoms with E-state index in [1.165, 1.54) is 58.7 Å². The van der Waals surface area contributed by atoms with Gasteiger partial charge >= 0.3 is 0 Å². The highest BCUT2D eigenvalue weighted by atomic mass is 16.5. The van der Waals surface area contributed by atoms with Crippen molar-refractivity contribution in [1.82, 2.24) is 90.1 Å². The van der Waals surface area contributed by atoms with Gasteiger partial charge in [0.2, 0.25) is 0 Å². The molecule has 0 bridgehead atoms. The number of pyridine rings is 1. The highest BCUT2D eigenvalue weighted by Crippen LogP contribution is 2.37. The second-order valence-corrected chi connectivity index (χ2v) is 35.1.